The number of aliphatic hydroxyl groups is 1. The van der Waals surface area contributed by atoms with Crippen LogP contribution < -0.4 is 5.73 Å². The van der Waals surface area contributed by atoms with Crippen LogP contribution in [-0.2, 0) is 11.2 Å². The monoisotopic (exact) mass is 353 g/mol. The Balaban J connectivity index is 1.84. The summed E-state index contributed by atoms with van der Waals surface area (Å²) in [4.78, 5) is 6.90. The van der Waals surface area contributed by atoms with Crippen LogP contribution >= 0.6 is 0 Å². The highest BCUT2D eigenvalue weighted by atomic mass is 16.5. The van der Waals surface area contributed by atoms with Crippen molar-refractivity contribution in [2.24, 2.45) is 10.7 Å². The molecule has 0 amide bonds. The predicted molar refractivity (Wildman–Crippen MR) is 105 cm³/mol. The highest BCUT2D eigenvalue weighted by molar-refractivity contribution is 5.83. The molecule has 0 spiro atoms. The predicted octanol–water partition coefficient (Wildman–Crippen LogP) is 2.97. The number of nitrogens with two attached hydrogens (primary N) is 1. The zero-order valence-electron chi connectivity index (χ0n) is 15.6. The zero-order chi connectivity index (χ0) is 18.7. The van der Waals surface area contributed by atoms with E-state index in [1.807, 2.05) is 50.4 Å². The molecule has 138 valence electrons. The van der Waals surface area contributed by atoms with Crippen LogP contribution in [0.15, 0.2) is 53.5 Å². The van der Waals surface area contributed by atoms with Crippen molar-refractivity contribution in [2.45, 2.75) is 31.5 Å². The first-order chi connectivity index (χ1) is 12.5. The largest absolute Gasteiger partial charge is 0.391 e. The van der Waals surface area contributed by atoms with Gasteiger partial charge in [0.25, 0.3) is 0 Å². The first kappa shape index (κ1) is 18.6. The molecule has 2 aromatic rings. The van der Waals surface area contributed by atoms with Crippen LogP contribution in [0.3, 0.4) is 0 Å². The molecule has 2 aromatic carbocycles. The maximum absolute atomic E-state index is 9.96. The quantitative estimate of drug-likeness (QED) is 0.640. The van der Waals surface area contributed by atoms with E-state index in [1.165, 1.54) is 5.56 Å². The lowest BCUT2D eigenvalue weighted by Gasteiger charge is -2.29. The highest BCUT2D eigenvalue weighted by Gasteiger charge is 2.28. The van der Waals surface area contributed by atoms with Gasteiger partial charge in [0.2, 0.25) is 0 Å². The minimum Gasteiger partial charge on any atom is -0.391 e. The Hall–Kier alpha value is -2.21. The molecular formula is C21H27N3O2. The number of aliphatic imine (C=N–C) groups is 1. The molecule has 1 aliphatic rings. The first-order valence-corrected chi connectivity index (χ1v) is 8.89. The van der Waals surface area contributed by atoms with E-state index in [0.29, 0.717) is 13.0 Å². The number of hydrogen-bond donors (Lipinski definition) is 2. The van der Waals surface area contributed by atoms with Crippen molar-refractivity contribution >= 4 is 11.5 Å². The molecule has 0 radical (unpaired) electrons. The van der Waals surface area contributed by atoms with Crippen LogP contribution in [0.25, 0.3) is 0 Å². The molecule has 5 heteroatoms. The third-order valence-corrected chi connectivity index (χ3v) is 5.11. The van der Waals surface area contributed by atoms with Gasteiger partial charge >= 0.3 is 0 Å². The second-order valence-corrected chi connectivity index (χ2v) is 6.83. The molecule has 3 rings (SSSR count). The number of aliphatic hydroxyl groups excluding tert-OH is 1. The fraction of sp³-hybridized carbons (Fsp3) is 0.381. The zero-order valence-corrected chi connectivity index (χ0v) is 15.6. The average Bonchev–Trinajstić information content (AvgIpc) is 2.94. The van der Waals surface area contributed by atoms with E-state index < -0.39 is 6.10 Å². The maximum Gasteiger partial charge on any atom is 0.102 e. The van der Waals surface area contributed by atoms with E-state index in [1.54, 1.807) is 7.11 Å². The van der Waals surface area contributed by atoms with E-state index >= 15 is 0 Å². The molecular weight excluding hydrogens is 326 g/mol. The second-order valence-electron chi connectivity index (χ2n) is 6.83. The van der Waals surface area contributed by atoms with E-state index in [0.717, 1.165) is 22.6 Å². The number of likely N-dealkylation sites (N-methyl/N-ethyl adjacent to an activating group) is 1. The van der Waals surface area contributed by atoms with Crippen molar-refractivity contribution in [3.63, 3.8) is 0 Å². The van der Waals surface area contributed by atoms with Crippen molar-refractivity contribution in [2.75, 3.05) is 20.8 Å². The fourth-order valence-corrected chi connectivity index (χ4v) is 3.46. The lowest BCUT2D eigenvalue weighted by Crippen LogP contribution is -2.32. The van der Waals surface area contributed by atoms with Crippen molar-refractivity contribution in [3.05, 3.63) is 65.2 Å². The summed E-state index contributed by atoms with van der Waals surface area (Å²) in [5.41, 5.74) is 10.2. The second kappa shape index (κ2) is 7.99. The summed E-state index contributed by atoms with van der Waals surface area (Å²) in [5, 5.41) is 9.96. The van der Waals surface area contributed by atoms with Gasteiger partial charge in [-0.25, -0.2) is 4.99 Å². The summed E-state index contributed by atoms with van der Waals surface area (Å²) in [5.74, 6) is 0.892. The van der Waals surface area contributed by atoms with Crippen LogP contribution in [-0.4, -0.2) is 42.7 Å². The summed E-state index contributed by atoms with van der Waals surface area (Å²) in [6.45, 7) is 2.57. The number of amidine groups is 1. The molecule has 1 aliphatic carbocycles. The van der Waals surface area contributed by atoms with Gasteiger partial charge in [-0.2, -0.15) is 0 Å². The van der Waals surface area contributed by atoms with Gasteiger partial charge in [-0.15, -0.1) is 0 Å². The van der Waals surface area contributed by atoms with Gasteiger partial charge in [-0.1, -0.05) is 36.4 Å². The fourth-order valence-electron chi connectivity index (χ4n) is 3.46. The molecule has 0 bridgehead atoms. The van der Waals surface area contributed by atoms with E-state index in [4.69, 9.17) is 15.5 Å². The van der Waals surface area contributed by atoms with Crippen molar-refractivity contribution < 1.29 is 9.84 Å². The molecule has 5 nitrogen and oxygen atoms in total. The Morgan fingerprint density at radius 2 is 2.04 bits per heavy atom. The first-order valence-electron chi connectivity index (χ1n) is 8.89. The van der Waals surface area contributed by atoms with Crippen LogP contribution in [0.4, 0.5) is 5.69 Å². The number of ether oxygens (including phenoxy) is 1. The topological polar surface area (TPSA) is 71.1 Å². The molecule has 3 atom stereocenters. The van der Waals surface area contributed by atoms with E-state index in [9.17, 15) is 5.11 Å². The molecule has 0 heterocycles. The summed E-state index contributed by atoms with van der Waals surface area (Å²) in [6.07, 6.45) is 0.112. The average molecular weight is 353 g/mol. The Kier molecular flexibility index (Phi) is 5.71. The molecule has 0 saturated carbocycles. The SMILES string of the molecule is COC[C@@H](c1ccccc1)N(C)C(C)=Nc1ccc2c(c1)[C@@H](N)[C@H](O)C2. The lowest BCUT2D eigenvalue weighted by molar-refractivity contribution is 0.138. The smallest absolute Gasteiger partial charge is 0.102 e. The van der Waals surface area contributed by atoms with E-state index in [-0.39, 0.29) is 12.1 Å². The number of methoxy groups -OCH3 is 1. The van der Waals surface area contributed by atoms with Gasteiger partial charge < -0.3 is 20.5 Å². The van der Waals surface area contributed by atoms with Gasteiger partial charge in [-0.05, 0) is 35.7 Å². The normalized spacial score (nSPS) is 20.7. The lowest BCUT2D eigenvalue weighted by atomic mass is 10.1. The molecule has 0 saturated heterocycles. The number of rotatable bonds is 5. The summed E-state index contributed by atoms with van der Waals surface area (Å²) < 4.78 is 5.43. The van der Waals surface area contributed by atoms with Gasteiger partial charge in [0.1, 0.15) is 5.84 Å². The molecule has 3 N–H and O–H groups in total. The number of nitrogens with zero attached hydrogens (tertiary/aromatic N) is 2. The van der Waals surface area contributed by atoms with Gasteiger partial charge in [0.15, 0.2) is 0 Å². The molecule has 0 aromatic heterocycles. The summed E-state index contributed by atoms with van der Waals surface area (Å²) in [6, 6.07) is 16.0. The third kappa shape index (κ3) is 3.80. The molecule has 0 unspecified atom stereocenters. The maximum atomic E-state index is 9.96. The number of fused-ring (bicyclic) bond motifs is 1. The van der Waals surface area contributed by atoms with Gasteiger partial charge in [0.05, 0.1) is 30.5 Å². The summed E-state index contributed by atoms with van der Waals surface area (Å²) in [7, 11) is 3.74. The van der Waals surface area contributed by atoms with Gasteiger partial charge in [0, 0.05) is 20.6 Å². The summed E-state index contributed by atoms with van der Waals surface area (Å²) >= 11 is 0. The number of benzene rings is 2. The Morgan fingerprint density at radius 3 is 2.73 bits per heavy atom. The van der Waals surface area contributed by atoms with Crippen molar-refractivity contribution in [3.8, 4) is 0 Å². The number of hydrogen-bond acceptors (Lipinski definition) is 4. The minimum atomic E-state index is -0.503. The van der Waals surface area contributed by atoms with Crippen LogP contribution in [0.2, 0.25) is 0 Å². The molecule has 26 heavy (non-hydrogen) atoms. The Morgan fingerprint density at radius 1 is 1.31 bits per heavy atom. The Bertz CT molecular complexity index is 776. The molecule has 0 aliphatic heterocycles. The van der Waals surface area contributed by atoms with Crippen molar-refractivity contribution in [1.82, 2.24) is 4.90 Å². The highest BCUT2D eigenvalue weighted by Crippen LogP contribution is 2.33. The van der Waals surface area contributed by atoms with Crippen LogP contribution in [0, 0.1) is 0 Å². The van der Waals surface area contributed by atoms with Crippen LogP contribution in [0.5, 0.6) is 0 Å². The van der Waals surface area contributed by atoms with E-state index in [2.05, 4.69) is 17.0 Å². The standard InChI is InChI=1S/C21H27N3O2/c1-14(24(2)19(13-26-3)15-7-5-4-6-8-15)23-17-10-9-16-11-20(25)21(22)18(16)12-17/h4-10,12,19-21,25H,11,13,22H2,1-3H3/t19-,20+,21+/m0/s1. The third-order valence-electron chi connectivity index (χ3n) is 5.11. The minimum absolute atomic E-state index is 0.0865. The molecule has 0 fully saturated rings. The van der Waals surface area contributed by atoms with Crippen molar-refractivity contribution in [1.29, 1.82) is 0 Å². The Labute approximate surface area is 155 Å². The van der Waals surface area contributed by atoms with Gasteiger partial charge in [-0.3, -0.25) is 0 Å². The van der Waals surface area contributed by atoms with Crippen LogP contribution in [0.1, 0.15) is 35.7 Å².